The molecule has 0 bridgehead atoms. The van der Waals surface area contributed by atoms with Gasteiger partial charge >= 0.3 is 0 Å². The van der Waals surface area contributed by atoms with Crippen LogP contribution < -0.4 is 14.2 Å². The molecule has 2 aromatic carbocycles. The maximum Gasteiger partial charge on any atom is 0.234 e. The van der Waals surface area contributed by atoms with Crippen molar-refractivity contribution in [3.8, 4) is 27.8 Å². The Morgan fingerprint density at radius 1 is 0.964 bits per heavy atom. The summed E-state index contributed by atoms with van der Waals surface area (Å²) in [6.45, 7) is 2.53. The molecule has 28 heavy (non-hydrogen) atoms. The van der Waals surface area contributed by atoms with Crippen LogP contribution in [-0.4, -0.2) is 40.6 Å². The minimum Gasteiger partial charge on any atom is -0.497 e. The van der Waals surface area contributed by atoms with Crippen LogP contribution in [0, 0.1) is 0 Å². The van der Waals surface area contributed by atoms with Crippen molar-refractivity contribution in [1.29, 1.82) is 0 Å². The molecule has 0 saturated carbocycles. The van der Waals surface area contributed by atoms with Gasteiger partial charge in [0.1, 0.15) is 10.8 Å². The Morgan fingerprint density at radius 3 is 2.50 bits per heavy atom. The number of nitrogens with zero attached hydrogens (tertiary/aromatic N) is 4. The van der Waals surface area contributed by atoms with E-state index in [0.29, 0.717) is 18.8 Å². The molecule has 2 heterocycles. The zero-order valence-electron chi connectivity index (χ0n) is 15.9. The molecule has 0 aliphatic carbocycles. The maximum absolute atomic E-state index is 5.59. The van der Waals surface area contributed by atoms with E-state index in [2.05, 4.69) is 10.2 Å². The highest BCUT2D eigenvalue weighted by atomic mass is 32.1. The van der Waals surface area contributed by atoms with Gasteiger partial charge in [0.2, 0.25) is 4.96 Å². The number of aromatic nitrogens is 4. The molecule has 0 fully saturated rings. The summed E-state index contributed by atoms with van der Waals surface area (Å²) in [6, 6.07) is 13.7. The van der Waals surface area contributed by atoms with Crippen LogP contribution in [0.25, 0.3) is 15.5 Å². The molecule has 0 aliphatic rings. The van der Waals surface area contributed by atoms with Gasteiger partial charge in [0.05, 0.1) is 20.8 Å². The average Bonchev–Trinajstić information content (AvgIpc) is 3.31. The zero-order chi connectivity index (χ0) is 19.5. The lowest BCUT2D eigenvalue weighted by molar-refractivity contribution is 0.311. The van der Waals surface area contributed by atoms with E-state index in [4.69, 9.17) is 19.3 Å². The van der Waals surface area contributed by atoms with Crippen molar-refractivity contribution < 1.29 is 14.2 Å². The normalized spacial score (nSPS) is 11.0. The largest absolute Gasteiger partial charge is 0.497 e. The molecule has 0 amide bonds. The number of ether oxygens (including phenoxy) is 3. The van der Waals surface area contributed by atoms with Crippen molar-refractivity contribution in [2.45, 2.75) is 13.3 Å². The minimum absolute atomic E-state index is 0.584. The molecular formula is C20H20N4O3S. The van der Waals surface area contributed by atoms with Crippen molar-refractivity contribution in [2.24, 2.45) is 0 Å². The third-order valence-corrected chi connectivity index (χ3v) is 5.24. The van der Waals surface area contributed by atoms with Crippen LogP contribution in [0.3, 0.4) is 0 Å². The molecule has 0 atom stereocenters. The smallest absolute Gasteiger partial charge is 0.234 e. The third-order valence-electron chi connectivity index (χ3n) is 4.29. The molecule has 4 aromatic rings. The zero-order valence-corrected chi connectivity index (χ0v) is 16.7. The van der Waals surface area contributed by atoms with Crippen LogP contribution in [0.15, 0.2) is 42.5 Å². The van der Waals surface area contributed by atoms with Gasteiger partial charge in [-0.25, -0.2) is 0 Å². The molecule has 2 aromatic heterocycles. The number of methoxy groups -OCH3 is 2. The molecule has 0 unspecified atom stereocenters. The summed E-state index contributed by atoms with van der Waals surface area (Å²) in [5.41, 5.74) is 2.07. The molecule has 144 valence electrons. The predicted octanol–water partition coefficient (Wildman–Crippen LogP) is 3.86. The summed E-state index contributed by atoms with van der Waals surface area (Å²) in [6.07, 6.45) is 0.640. The van der Waals surface area contributed by atoms with Gasteiger partial charge in [0.25, 0.3) is 0 Å². The second kappa shape index (κ2) is 7.85. The van der Waals surface area contributed by atoms with E-state index in [1.807, 2.05) is 49.4 Å². The number of hydrogen-bond acceptors (Lipinski definition) is 7. The lowest BCUT2D eigenvalue weighted by Crippen LogP contribution is -1.98. The molecule has 4 rings (SSSR count). The fourth-order valence-electron chi connectivity index (χ4n) is 2.89. The van der Waals surface area contributed by atoms with Gasteiger partial charge in [0, 0.05) is 12.0 Å². The highest BCUT2D eigenvalue weighted by Gasteiger charge is 2.15. The lowest BCUT2D eigenvalue weighted by Gasteiger charge is -2.09. The molecule has 0 N–H and O–H groups in total. The first-order valence-electron chi connectivity index (χ1n) is 8.87. The molecular weight excluding hydrogens is 376 g/mol. The first-order valence-corrected chi connectivity index (χ1v) is 9.68. The summed E-state index contributed by atoms with van der Waals surface area (Å²) in [7, 11) is 3.29. The van der Waals surface area contributed by atoms with Crippen LogP contribution in [0.1, 0.15) is 18.3 Å². The average molecular weight is 396 g/mol. The fourth-order valence-corrected chi connectivity index (χ4v) is 3.74. The van der Waals surface area contributed by atoms with Crippen LogP contribution in [0.4, 0.5) is 0 Å². The molecule has 0 aliphatic heterocycles. The summed E-state index contributed by atoms with van der Waals surface area (Å²) < 4.78 is 18.0. The second-order valence-electron chi connectivity index (χ2n) is 6.04. The maximum atomic E-state index is 5.59. The van der Waals surface area contributed by atoms with Crippen LogP contribution >= 0.6 is 11.3 Å². The molecule has 8 heteroatoms. The Morgan fingerprint density at radius 2 is 1.79 bits per heavy atom. The first kappa shape index (κ1) is 18.2. The van der Waals surface area contributed by atoms with Crippen molar-refractivity contribution >= 4 is 16.3 Å². The standard InChI is InChI=1S/C20H20N4O3S/c1-4-27-16-10-7-14(12-17(16)26-3)19-23-24-18(21-22-20(24)28-19)11-13-5-8-15(25-2)9-6-13/h5-10,12H,4,11H2,1-3H3. The highest BCUT2D eigenvalue weighted by Crippen LogP contribution is 2.34. The molecule has 7 nitrogen and oxygen atoms in total. The molecule has 0 spiro atoms. The summed E-state index contributed by atoms with van der Waals surface area (Å²) in [5.74, 6) is 3.02. The monoisotopic (exact) mass is 396 g/mol. The second-order valence-corrected chi connectivity index (χ2v) is 7.00. The van der Waals surface area contributed by atoms with E-state index >= 15 is 0 Å². The summed E-state index contributed by atoms with van der Waals surface area (Å²) in [4.78, 5) is 0.756. The molecule has 0 radical (unpaired) electrons. The Bertz CT molecular complexity index is 1090. The Balaban J connectivity index is 1.63. The van der Waals surface area contributed by atoms with E-state index in [0.717, 1.165) is 38.4 Å². The van der Waals surface area contributed by atoms with Crippen LogP contribution in [0.5, 0.6) is 17.2 Å². The Labute approximate surface area is 166 Å². The minimum atomic E-state index is 0.584. The SMILES string of the molecule is CCOc1ccc(-c2nn3c(Cc4ccc(OC)cc4)nnc3s2)cc1OC. The van der Waals surface area contributed by atoms with Gasteiger partial charge in [0.15, 0.2) is 17.3 Å². The van der Waals surface area contributed by atoms with Crippen molar-refractivity contribution in [3.05, 3.63) is 53.9 Å². The van der Waals surface area contributed by atoms with Gasteiger partial charge in [-0.1, -0.05) is 23.5 Å². The van der Waals surface area contributed by atoms with Crippen molar-refractivity contribution in [2.75, 3.05) is 20.8 Å². The first-order chi connectivity index (χ1) is 13.7. The van der Waals surface area contributed by atoms with Gasteiger partial charge < -0.3 is 14.2 Å². The topological polar surface area (TPSA) is 70.8 Å². The molecule has 0 saturated heterocycles. The van der Waals surface area contributed by atoms with E-state index in [1.54, 1.807) is 18.7 Å². The third kappa shape index (κ3) is 3.50. The predicted molar refractivity (Wildman–Crippen MR) is 108 cm³/mol. The van der Waals surface area contributed by atoms with Crippen LogP contribution in [-0.2, 0) is 6.42 Å². The van der Waals surface area contributed by atoms with Gasteiger partial charge in [-0.05, 0) is 42.8 Å². The van der Waals surface area contributed by atoms with Gasteiger partial charge in [-0.2, -0.15) is 9.61 Å². The van der Waals surface area contributed by atoms with E-state index < -0.39 is 0 Å². The van der Waals surface area contributed by atoms with Crippen LogP contribution in [0.2, 0.25) is 0 Å². The Hall–Kier alpha value is -3.13. The highest BCUT2D eigenvalue weighted by molar-refractivity contribution is 7.19. The van der Waals surface area contributed by atoms with E-state index in [-0.39, 0.29) is 0 Å². The summed E-state index contributed by atoms with van der Waals surface area (Å²) in [5, 5.41) is 14.1. The quantitative estimate of drug-likeness (QED) is 0.472. The van der Waals surface area contributed by atoms with E-state index in [9.17, 15) is 0 Å². The van der Waals surface area contributed by atoms with Gasteiger partial charge in [-0.15, -0.1) is 10.2 Å². The van der Waals surface area contributed by atoms with E-state index in [1.165, 1.54) is 11.3 Å². The summed E-state index contributed by atoms with van der Waals surface area (Å²) >= 11 is 1.49. The van der Waals surface area contributed by atoms with Gasteiger partial charge in [-0.3, -0.25) is 0 Å². The Kier molecular flexibility index (Phi) is 5.12. The number of benzene rings is 2. The van der Waals surface area contributed by atoms with Crippen molar-refractivity contribution in [3.63, 3.8) is 0 Å². The number of hydrogen-bond donors (Lipinski definition) is 0. The lowest BCUT2D eigenvalue weighted by atomic mass is 10.1. The fraction of sp³-hybridized carbons (Fsp3) is 0.250. The van der Waals surface area contributed by atoms with Crippen molar-refractivity contribution in [1.82, 2.24) is 19.8 Å². The number of rotatable bonds is 7. The number of fused-ring (bicyclic) bond motifs is 1.